The first-order chi connectivity index (χ1) is 33.9. The third kappa shape index (κ3) is 5.21. The summed E-state index contributed by atoms with van der Waals surface area (Å²) >= 11 is 0. The normalized spacial score (nSPS) is 45.7. The van der Waals surface area contributed by atoms with Gasteiger partial charge in [-0.05, 0) is 138 Å². The number of benzene rings is 2. The summed E-state index contributed by atoms with van der Waals surface area (Å²) < 4.78 is 14.1. The number of Topliss-reactive ketones (excluding diaryl/α,β-unsaturated/α-hetero) is 2. The molecule has 13 aliphatic rings. The van der Waals surface area contributed by atoms with Crippen LogP contribution in [0, 0.1) is 63.6 Å². The highest BCUT2D eigenvalue weighted by Crippen LogP contribution is 2.83. The van der Waals surface area contributed by atoms with Gasteiger partial charge in [-0.25, -0.2) is 0 Å². The SMILES string of the molecule is O=C[C@@H]1CCC[C@@]12C[C@@H]1C[C@H]3C[C@H]4[C@@H]5CC[C@@]67Oc8cccc9c8C(=O)[C@]8(CSSCNC%10=C%11CC[C@H]2[C@]1(C%11=C3CN%10)[C@@H]4[C@](O)([C@H](O)[C@@]5(CO)O6)[C@H]7O)C(O)=CC(Cc1cccc(CO)c1)=C[C@@H]8C9=O. The summed E-state index contributed by atoms with van der Waals surface area (Å²) in [6, 6.07) is 12.2. The molecule has 4 heterocycles. The number of hydrogen-bond donors (Lipinski definition) is 8. The zero-order chi connectivity index (χ0) is 47.9. The van der Waals surface area contributed by atoms with Crippen molar-refractivity contribution in [3.8, 4) is 5.75 Å². The lowest BCUT2D eigenvalue weighted by molar-refractivity contribution is -0.462. The molecule has 13 nitrogen and oxygen atoms in total. The van der Waals surface area contributed by atoms with Crippen LogP contribution in [0.25, 0.3) is 0 Å². The topological polar surface area (TPSA) is 215 Å². The Balaban J connectivity index is 0.966. The molecule has 0 unspecified atom stereocenters. The van der Waals surface area contributed by atoms with Gasteiger partial charge in [0.05, 0.1) is 30.6 Å². The first-order valence-corrected chi connectivity index (χ1v) is 28.1. The van der Waals surface area contributed by atoms with E-state index >= 15 is 9.59 Å². The number of nitrogens with one attached hydrogen (secondary N) is 2. The van der Waals surface area contributed by atoms with E-state index in [4.69, 9.17) is 9.47 Å². The molecule has 4 aliphatic heterocycles. The van der Waals surface area contributed by atoms with E-state index in [0.29, 0.717) is 37.3 Å². The molecular weight excluding hydrogens is 929 g/mol. The molecule has 15 heteroatoms. The van der Waals surface area contributed by atoms with E-state index in [0.717, 1.165) is 67.5 Å². The lowest BCUT2D eigenvalue weighted by atomic mass is 9.38. The van der Waals surface area contributed by atoms with Gasteiger partial charge < -0.3 is 55.5 Å². The van der Waals surface area contributed by atoms with Gasteiger partial charge in [0.2, 0.25) is 5.79 Å². The number of carbonyl (C=O) groups is 3. The van der Waals surface area contributed by atoms with Crippen molar-refractivity contribution in [3.63, 3.8) is 0 Å². The number of carbonyl (C=O) groups excluding carboxylic acids is 3. The summed E-state index contributed by atoms with van der Waals surface area (Å²) in [5.41, 5.74) is -0.760. The van der Waals surface area contributed by atoms with Crippen LogP contribution in [-0.4, -0.2) is 102 Å². The fraction of sp³-hybridized carbons (Fsp3) is 0.582. The number of ether oxygens (including phenoxy) is 2. The molecule has 5 saturated carbocycles. The van der Waals surface area contributed by atoms with Gasteiger partial charge in [0.15, 0.2) is 17.7 Å². The Morgan fingerprint density at radius 1 is 0.957 bits per heavy atom. The number of aldehydes is 1. The number of allylic oxidation sites excluding steroid dienone is 6. The van der Waals surface area contributed by atoms with E-state index in [-0.39, 0.29) is 82.2 Å². The second-order valence-electron chi connectivity index (χ2n) is 23.1. The van der Waals surface area contributed by atoms with Crippen molar-refractivity contribution in [1.82, 2.24) is 10.6 Å². The first-order valence-electron chi connectivity index (χ1n) is 25.6. The lowest BCUT2D eigenvalue weighted by Gasteiger charge is -2.73. The maximum Gasteiger partial charge on any atom is 0.240 e. The molecule has 15 rings (SSSR count). The van der Waals surface area contributed by atoms with Gasteiger partial charge in [-0.2, -0.15) is 0 Å². The summed E-state index contributed by atoms with van der Waals surface area (Å²) in [4.78, 5) is 44.2. The van der Waals surface area contributed by atoms with Crippen molar-refractivity contribution in [2.45, 2.75) is 106 Å². The fourth-order valence-electron chi connectivity index (χ4n) is 18.7. The molecule has 0 radical (unpaired) electrons. The van der Waals surface area contributed by atoms with Crippen LogP contribution in [0.2, 0.25) is 0 Å². The number of dihydropyridines is 1. The number of ketones is 2. The molecule has 368 valence electrons. The smallest absolute Gasteiger partial charge is 0.240 e. The summed E-state index contributed by atoms with van der Waals surface area (Å²) in [6.07, 6.45) is 8.41. The van der Waals surface area contributed by atoms with Gasteiger partial charge in [0.25, 0.3) is 0 Å². The third-order valence-electron chi connectivity index (χ3n) is 20.9. The predicted octanol–water partition coefficient (Wildman–Crippen LogP) is 5.61. The number of aliphatic hydroxyl groups excluding tert-OH is 5. The molecule has 0 amide bonds. The van der Waals surface area contributed by atoms with E-state index in [1.165, 1.54) is 39.0 Å². The highest BCUT2D eigenvalue weighted by molar-refractivity contribution is 8.76. The van der Waals surface area contributed by atoms with Crippen molar-refractivity contribution >= 4 is 39.4 Å². The number of hydrogen-bond acceptors (Lipinski definition) is 15. The van der Waals surface area contributed by atoms with Crippen LogP contribution >= 0.6 is 21.6 Å². The zero-order valence-corrected chi connectivity index (χ0v) is 40.5. The average molecular weight is 989 g/mol. The molecule has 16 atom stereocenters. The molecule has 2 saturated heterocycles. The maximum atomic E-state index is 15.8. The first kappa shape index (κ1) is 44.7. The number of rotatable bonds is 5. The summed E-state index contributed by atoms with van der Waals surface area (Å²) in [7, 11) is 2.91. The van der Waals surface area contributed by atoms with Crippen LogP contribution in [0.3, 0.4) is 0 Å². The number of aliphatic hydroxyl groups is 6. The Labute approximate surface area is 414 Å². The molecule has 11 bridgehead atoms. The standard InChI is InChI=1S/C55H60N2O11S2/c58-22-28-5-1-4-27(14-28)15-29-16-38-44(62)33-7-2-8-39-42(33)46(63)51(38,41(61)17-29)25-69-70-26-57-47-34-9-10-40-50(12-3-6-31(50)23-59)20-32-18-30-19-35-37-11-13-53(67-39)49(65)55(66,48(64)52(37,24-60)68-53)45(35)54(32,40)43(34)36(30)21-56-47/h1-2,4-5,7-8,14,16-17,23,30-32,35,37-38,40,45,48-49,56-58,60-61,64-66H,3,6,9-13,15,18-22,24-26H2/t30-,31-,32-,35-,37-,38+,40+,45+,48+,49-,50+,51-,52-,53+,54+,55-/m0/s1. The van der Waals surface area contributed by atoms with E-state index in [1.54, 1.807) is 30.4 Å². The van der Waals surface area contributed by atoms with Gasteiger partial charge in [-0.15, -0.1) is 0 Å². The van der Waals surface area contributed by atoms with E-state index in [2.05, 4.69) is 10.6 Å². The molecule has 7 fully saturated rings. The molecule has 4 spiro atoms. The quantitative estimate of drug-likeness (QED) is 0.135. The Kier molecular flexibility index (Phi) is 9.64. The summed E-state index contributed by atoms with van der Waals surface area (Å²) in [5, 5.41) is 82.5. The van der Waals surface area contributed by atoms with Gasteiger partial charge >= 0.3 is 0 Å². The monoisotopic (exact) mass is 988 g/mol. The van der Waals surface area contributed by atoms with E-state index < -0.39 is 70.2 Å². The van der Waals surface area contributed by atoms with Crippen molar-refractivity contribution in [1.29, 1.82) is 0 Å². The van der Waals surface area contributed by atoms with Crippen LogP contribution in [-0.2, 0) is 22.6 Å². The highest BCUT2D eigenvalue weighted by atomic mass is 33.1. The van der Waals surface area contributed by atoms with Crippen molar-refractivity contribution < 1.29 is 54.5 Å². The van der Waals surface area contributed by atoms with Crippen molar-refractivity contribution in [2.75, 3.05) is 24.8 Å². The minimum atomic E-state index is -2.29. The zero-order valence-electron chi connectivity index (χ0n) is 38.9. The van der Waals surface area contributed by atoms with Gasteiger partial charge in [-0.1, -0.05) is 70.5 Å². The maximum absolute atomic E-state index is 15.8. The van der Waals surface area contributed by atoms with Crippen LogP contribution < -0.4 is 15.4 Å². The Hall–Kier alpha value is -3.93. The third-order valence-corrected chi connectivity index (χ3v) is 23.2. The van der Waals surface area contributed by atoms with Crippen molar-refractivity contribution in [3.05, 3.63) is 111 Å². The predicted molar refractivity (Wildman–Crippen MR) is 259 cm³/mol. The van der Waals surface area contributed by atoms with Crippen molar-refractivity contribution in [2.24, 2.45) is 63.6 Å². The molecule has 2 aromatic carbocycles. The lowest BCUT2D eigenvalue weighted by Crippen LogP contribution is -2.88. The molecule has 70 heavy (non-hydrogen) atoms. The molecule has 2 aromatic rings. The molecular formula is C55H60N2O11S2. The molecule has 9 aliphatic carbocycles. The van der Waals surface area contributed by atoms with Gasteiger partial charge in [0, 0.05) is 41.5 Å². The minimum Gasteiger partial charge on any atom is -0.511 e. The summed E-state index contributed by atoms with van der Waals surface area (Å²) in [6.45, 7) is -0.197. The molecule has 0 aromatic heterocycles. The van der Waals surface area contributed by atoms with Crippen LogP contribution in [0.15, 0.2) is 88.5 Å². The van der Waals surface area contributed by atoms with Crippen LogP contribution in [0.5, 0.6) is 5.75 Å². The Morgan fingerprint density at radius 2 is 1.80 bits per heavy atom. The number of fused-ring (bicyclic) bond motifs is 1. The Morgan fingerprint density at radius 3 is 2.63 bits per heavy atom. The Bertz CT molecular complexity index is 2830. The van der Waals surface area contributed by atoms with Crippen LogP contribution in [0.1, 0.15) is 96.1 Å². The second-order valence-corrected chi connectivity index (χ2v) is 25.6. The van der Waals surface area contributed by atoms with E-state index in [9.17, 15) is 35.4 Å². The average Bonchev–Trinajstić information content (AvgIpc) is 3.82. The van der Waals surface area contributed by atoms with Gasteiger partial charge in [-0.3, -0.25) is 9.59 Å². The largest absolute Gasteiger partial charge is 0.511 e. The van der Waals surface area contributed by atoms with E-state index in [1.807, 2.05) is 24.3 Å². The minimum absolute atomic E-state index is 0.00780. The van der Waals surface area contributed by atoms with Gasteiger partial charge in [0.1, 0.15) is 46.3 Å². The highest BCUT2D eigenvalue weighted by Gasteiger charge is 2.86. The molecule has 8 N–H and O–H groups in total. The summed E-state index contributed by atoms with van der Waals surface area (Å²) in [5.74, 6) is -4.34. The second kappa shape index (κ2) is 15.1. The van der Waals surface area contributed by atoms with Crippen LogP contribution in [0.4, 0.5) is 0 Å². The fourth-order valence-corrected chi connectivity index (χ4v) is 21.0.